The number of benzene rings is 6. The lowest BCUT2D eigenvalue weighted by Gasteiger charge is -2.28. The number of para-hydroxylation sites is 2. The molecule has 4 amide bonds. The van der Waals surface area contributed by atoms with Gasteiger partial charge in [0, 0.05) is 0 Å². The Morgan fingerprint density at radius 1 is 0.368 bits per heavy atom. The van der Waals surface area contributed by atoms with Crippen LogP contribution in [0.2, 0.25) is 0 Å². The largest absolute Gasteiger partial charge is 0.273 e. The molecule has 0 N–H and O–H groups in total. The van der Waals surface area contributed by atoms with Crippen LogP contribution in [0, 0.1) is 11.8 Å². The summed E-state index contributed by atoms with van der Waals surface area (Å²) in [5.74, 6) is -2.82. The van der Waals surface area contributed by atoms with Gasteiger partial charge in [-0.25, -0.2) is 19.9 Å². The molecule has 4 aliphatic heterocycles. The van der Waals surface area contributed by atoms with Crippen LogP contribution in [0.15, 0.2) is 170 Å². The SMILES string of the molecule is O=C1[C@H]2[C@H](ON(c3ccccc3)[C@@H]2c2ccccc2)C(=O)N1c1ccc(Cc2ccc(N3C(=O)[C@H]4[C@H](ON(c5ccccc5)[C@H]4c4ccccc4)C3=O)cc2)cc1. The second-order valence-corrected chi connectivity index (χ2v) is 14.7. The van der Waals surface area contributed by atoms with Crippen LogP contribution in [0.3, 0.4) is 0 Å². The molecule has 0 unspecified atom stereocenters. The maximum Gasteiger partial charge on any atom is 0.266 e. The van der Waals surface area contributed by atoms with Gasteiger partial charge in [0.1, 0.15) is 11.8 Å². The van der Waals surface area contributed by atoms with E-state index in [1.807, 2.05) is 146 Å². The van der Waals surface area contributed by atoms with E-state index >= 15 is 0 Å². The van der Waals surface area contributed by atoms with Crippen LogP contribution in [0.1, 0.15) is 34.3 Å². The molecule has 10 rings (SSSR count). The topological polar surface area (TPSA) is 99.7 Å². The van der Waals surface area contributed by atoms with E-state index in [1.54, 1.807) is 34.4 Å². The molecule has 0 aliphatic carbocycles. The van der Waals surface area contributed by atoms with Crippen molar-refractivity contribution in [2.24, 2.45) is 11.8 Å². The maximum atomic E-state index is 14.1. The van der Waals surface area contributed by atoms with Gasteiger partial charge in [-0.15, -0.1) is 0 Å². The summed E-state index contributed by atoms with van der Waals surface area (Å²) < 4.78 is 0. The minimum absolute atomic E-state index is 0.302. The number of anilines is 4. The standard InChI is InChI=1S/C47H36N4O6/c52-44-38-40(32-13-5-1-6-14-32)50(36-17-9-3-10-18-36)56-42(38)46(54)48(44)34-25-21-30(22-26-34)29-31-23-27-35(28-24-31)49-45(53)39-41(33-15-7-2-8-16-33)51(57-43(39)47(49)55)37-19-11-4-12-20-37/h1-28,38-43H,29H2/t38-,39-,40-,41+,42+,43+/m1/s1. The molecule has 10 nitrogen and oxygen atoms in total. The number of carbonyl (C=O) groups is 4. The normalized spacial score (nSPS) is 24.1. The fourth-order valence-corrected chi connectivity index (χ4v) is 8.68. The van der Waals surface area contributed by atoms with Gasteiger partial charge in [0.25, 0.3) is 11.8 Å². The summed E-state index contributed by atoms with van der Waals surface area (Å²) in [4.78, 5) is 70.9. The summed E-state index contributed by atoms with van der Waals surface area (Å²) >= 11 is 0. The average molecular weight is 753 g/mol. The molecule has 280 valence electrons. The molecule has 4 heterocycles. The van der Waals surface area contributed by atoms with Crippen LogP contribution in [0.5, 0.6) is 0 Å². The number of fused-ring (bicyclic) bond motifs is 2. The minimum Gasteiger partial charge on any atom is -0.273 e. The lowest BCUT2D eigenvalue weighted by Crippen LogP contribution is -2.37. The molecule has 0 saturated carbocycles. The highest BCUT2D eigenvalue weighted by Crippen LogP contribution is 2.49. The van der Waals surface area contributed by atoms with Crippen molar-refractivity contribution in [2.45, 2.75) is 30.7 Å². The molecule has 4 fully saturated rings. The van der Waals surface area contributed by atoms with E-state index in [0.717, 1.165) is 33.6 Å². The van der Waals surface area contributed by atoms with Crippen molar-refractivity contribution in [1.29, 1.82) is 0 Å². The number of rotatable bonds is 8. The lowest BCUT2D eigenvalue weighted by molar-refractivity contribution is -0.127. The number of hydroxylamine groups is 2. The number of imide groups is 2. The zero-order chi connectivity index (χ0) is 38.6. The molecule has 0 bridgehead atoms. The highest BCUT2D eigenvalue weighted by Gasteiger charge is 2.61. The predicted octanol–water partition coefficient (Wildman–Crippen LogP) is 7.38. The van der Waals surface area contributed by atoms with Crippen LogP contribution in [-0.2, 0) is 35.3 Å². The molecular formula is C47H36N4O6. The van der Waals surface area contributed by atoms with Crippen LogP contribution < -0.4 is 19.9 Å². The Kier molecular flexibility index (Phi) is 8.50. The zero-order valence-corrected chi connectivity index (χ0v) is 30.6. The Hall–Kier alpha value is -6.88. The number of hydrogen-bond donors (Lipinski definition) is 0. The van der Waals surface area contributed by atoms with Gasteiger partial charge in [0.15, 0.2) is 12.2 Å². The first-order valence-corrected chi connectivity index (χ1v) is 19.0. The van der Waals surface area contributed by atoms with Crippen molar-refractivity contribution < 1.29 is 28.9 Å². The summed E-state index contributed by atoms with van der Waals surface area (Å²) in [5, 5.41) is 3.39. The van der Waals surface area contributed by atoms with E-state index in [9.17, 15) is 19.2 Å². The Bertz CT molecular complexity index is 2290. The first-order valence-electron chi connectivity index (χ1n) is 19.0. The summed E-state index contributed by atoms with van der Waals surface area (Å²) in [5.41, 5.74) is 6.21. The smallest absolute Gasteiger partial charge is 0.266 e. The van der Waals surface area contributed by atoms with E-state index in [2.05, 4.69) is 0 Å². The second kappa shape index (κ2) is 14.0. The van der Waals surface area contributed by atoms with Gasteiger partial charge in [-0.2, -0.15) is 0 Å². The van der Waals surface area contributed by atoms with Crippen molar-refractivity contribution >= 4 is 46.4 Å². The fraction of sp³-hybridized carbons (Fsp3) is 0.149. The maximum absolute atomic E-state index is 14.1. The molecule has 57 heavy (non-hydrogen) atoms. The van der Waals surface area contributed by atoms with Crippen molar-refractivity contribution in [3.63, 3.8) is 0 Å². The summed E-state index contributed by atoms with van der Waals surface area (Å²) in [6.45, 7) is 0. The molecule has 6 aromatic rings. The molecule has 10 heteroatoms. The number of amides is 4. The average Bonchev–Trinajstić information content (AvgIpc) is 3.98. The number of hydrogen-bond acceptors (Lipinski definition) is 8. The van der Waals surface area contributed by atoms with Crippen LogP contribution >= 0.6 is 0 Å². The number of carbonyl (C=O) groups excluding carboxylic acids is 4. The summed E-state index contributed by atoms with van der Waals surface area (Å²) in [7, 11) is 0. The third-order valence-electron chi connectivity index (χ3n) is 11.3. The highest BCUT2D eigenvalue weighted by molar-refractivity contribution is 6.24. The van der Waals surface area contributed by atoms with Crippen LogP contribution in [0.4, 0.5) is 22.7 Å². The molecule has 4 aliphatic rings. The minimum atomic E-state index is -0.950. The van der Waals surface area contributed by atoms with Gasteiger partial charge in [-0.3, -0.25) is 28.9 Å². The molecule has 6 aromatic carbocycles. The van der Waals surface area contributed by atoms with E-state index in [1.165, 1.54) is 9.80 Å². The first kappa shape index (κ1) is 34.6. The Balaban J connectivity index is 0.846. The Labute approximate surface area is 329 Å². The predicted molar refractivity (Wildman–Crippen MR) is 214 cm³/mol. The third-order valence-corrected chi connectivity index (χ3v) is 11.3. The van der Waals surface area contributed by atoms with Crippen molar-refractivity contribution in [1.82, 2.24) is 0 Å². The first-order chi connectivity index (χ1) is 28.0. The summed E-state index contributed by atoms with van der Waals surface area (Å²) in [6, 6.07) is 52.2. The van der Waals surface area contributed by atoms with Crippen LogP contribution in [0.25, 0.3) is 0 Å². The van der Waals surface area contributed by atoms with Crippen molar-refractivity contribution in [3.05, 3.63) is 192 Å². The van der Waals surface area contributed by atoms with E-state index in [4.69, 9.17) is 9.68 Å². The van der Waals surface area contributed by atoms with Gasteiger partial charge >= 0.3 is 0 Å². The Morgan fingerprint density at radius 3 is 1.05 bits per heavy atom. The quantitative estimate of drug-likeness (QED) is 0.149. The Morgan fingerprint density at radius 2 is 0.702 bits per heavy atom. The fourth-order valence-electron chi connectivity index (χ4n) is 8.68. The van der Waals surface area contributed by atoms with Crippen molar-refractivity contribution in [3.8, 4) is 0 Å². The van der Waals surface area contributed by atoms with Crippen molar-refractivity contribution in [2.75, 3.05) is 19.9 Å². The van der Waals surface area contributed by atoms with Crippen LogP contribution in [-0.4, -0.2) is 35.8 Å². The molecule has 0 aromatic heterocycles. The second-order valence-electron chi connectivity index (χ2n) is 14.7. The molecule has 4 saturated heterocycles. The molecule has 6 atom stereocenters. The van der Waals surface area contributed by atoms with Gasteiger partial charge in [-0.05, 0) is 77.2 Å². The highest BCUT2D eigenvalue weighted by atomic mass is 16.7. The zero-order valence-electron chi connectivity index (χ0n) is 30.6. The monoisotopic (exact) mass is 752 g/mol. The third kappa shape index (κ3) is 5.80. The number of nitrogens with zero attached hydrogens (tertiary/aromatic N) is 4. The molecule has 0 spiro atoms. The van der Waals surface area contributed by atoms with E-state index in [-0.39, 0.29) is 11.8 Å². The van der Waals surface area contributed by atoms with Gasteiger partial charge in [0.05, 0.1) is 34.8 Å². The molecular weight excluding hydrogens is 717 g/mol. The van der Waals surface area contributed by atoms with E-state index < -0.39 is 47.9 Å². The van der Waals surface area contributed by atoms with E-state index in [0.29, 0.717) is 17.8 Å². The van der Waals surface area contributed by atoms with Gasteiger partial charge < -0.3 is 0 Å². The molecule has 0 radical (unpaired) electrons. The van der Waals surface area contributed by atoms with Gasteiger partial charge in [-0.1, -0.05) is 121 Å². The summed E-state index contributed by atoms with van der Waals surface area (Å²) in [6.07, 6.45) is -1.35. The van der Waals surface area contributed by atoms with Gasteiger partial charge in [0.2, 0.25) is 11.8 Å². The lowest BCUT2D eigenvalue weighted by atomic mass is 9.90.